The van der Waals surface area contributed by atoms with E-state index in [1.807, 2.05) is 36.9 Å². The second-order valence-corrected chi connectivity index (χ2v) is 4.00. The van der Waals surface area contributed by atoms with Gasteiger partial charge in [-0.3, -0.25) is 4.68 Å². The molecule has 2 aromatic rings. The predicted octanol–water partition coefficient (Wildman–Crippen LogP) is 2.35. The Kier molecular flexibility index (Phi) is 3.32. The Morgan fingerprint density at radius 1 is 1.35 bits per heavy atom. The van der Waals surface area contributed by atoms with Crippen LogP contribution >= 0.6 is 0 Å². The van der Waals surface area contributed by atoms with E-state index < -0.39 is 0 Å². The number of methoxy groups -OCH3 is 1. The monoisotopic (exact) mass is 231 g/mol. The molecule has 0 unspecified atom stereocenters. The summed E-state index contributed by atoms with van der Waals surface area (Å²) in [5, 5.41) is 7.48. The van der Waals surface area contributed by atoms with Gasteiger partial charge in [0.25, 0.3) is 0 Å². The lowest BCUT2D eigenvalue weighted by atomic mass is 10.2. The summed E-state index contributed by atoms with van der Waals surface area (Å²) in [5.74, 6) is 0.868. The molecule has 0 aliphatic heterocycles. The largest absolute Gasteiger partial charge is 0.495 e. The lowest BCUT2D eigenvalue weighted by Gasteiger charge is -2.11. The molecule has 0 amide bonds. The first kappa shape index (κ1) is 11.5. The summed E-state index contributed by atoms with van der Waals surface area (Å²) in [5.41, 5.74) is 3.32. The highest BCUT2D eigenvalue weighted by molar-refractivity contribution is 5.57. The van der Waals surface area contributed by atoms with E-state index in [2.05, 4.69) is 16.5 Å². The Morgan fingerprint density at radius 3 is 2.82 bits per heavy atom. The van der Waals surface area contributed by atoms with Crippen molar-refractivity contribution in [1.29, 1.82) is 0 Å². The van der Waals surface area contributed by atoms with Gasteiger partial charge in [0, 0.05) is 13.2 Å². The standard InChI is InChI=1S/C13H17N3O/c1-10-4-5-12(13(8-10)17-3)14-9-11-6-7-15-16(11)2/h4-8,14H,9H2,1-3H3. The number of nitrogens with zero attached hydrogens (tertiary/aromatic N) is 2. The van der Waals surface area contributed by atoms with Gasteiger partial charge in [-0.25, -0.2) is 0 Å². The summed E-state index contributed by atoms with van der Waals surface area (Å²) < 4.78 is 7.20. The van der Waals surface area contributed by atoms with Crippen LogP contribution in [0.4, 0.5) is 5.69 Å². The fourth-order valence-electron chi connectivity index (χ4n) is 1.71. The molecular weight excluding hydrogens is 214 g/mol. The summed E-state index contributed by atoms with van der Waals surface area (Å²) in [7, 11) is 3.62. The minimum atomic E-state index is 0.732. The zero-order valence-electron chi connectivity index (χ0n) is 10.4. The van der Waals surface area contributed by atoms with Crippen molar-refractivity contribution in [3.63, 3.8) is 0 Å². The summed E-state index contributed by atoms with van der Waals surface area (Å²) in [6.07, 6.45) is 1.80. The van der Waals surface area contributed by atoms with Crippen molar-refractivity contribution in [2.75, 3.05) is 12.4 Å². The van der Waals surface area contributed by atoms with Crippen molar-refractivity contribution in [2.45, 2.75) is 13.5 Å². The molecule has 1 aromatic carbocycles. The van der Waals surface area contributed by atoms with Crippen molar-refractivity contribution >= 4 is 5.69 Å². The van der Waals surface area contributed by atoms with E-state index in [0.29, 0.717) is 0 Å². The Bertz CT molecular complexity index is 505. The Balaban J connectivity index is 2.11. The van der Waals surface area contributed by atoms with Crippen LogP contribution in [-0.2, 0) is 13.6 Å². The van der Waals surface area contributed by atoms with Crippen LogP contribution in [0.2, 0.25) is 0 Å². The van der Waals surface area contributed by atoms with Crippen LogP contribution in [0.5, 0.6) is 5.75 Å². The molecule has 0 spiro atoms. The van der Waals surface area contributed by atoms with Gasteiger partial charge in [-0.15, -0.1) is 0 Å². The Labute approximate surface area is 101 Å². The molecule has 4 nitrogen and oxygen atoms in total. The number of ether oxygens (including phenoxy) is 1. The molecule has 0 radical (unpaired) electrons. The molecule has 2 rings (SSSR count). The van der Waals surface area contributed by atoms with Crippen molar-refractivity contribution in [1.82, 2.24) is 9.78 Å². The van der Waals surface area contributed by atoms with E-state index in [4.69, 9.17) is 4.74 Å². The lowest BCUT2D eigenvalue weighted by Crippen LogP contribution is -2.06. The predicted molar refractivity (Wildman–Crippen MR) is 68.3 cm³/mol. The third kappa shape index (κ3) is 2.58. The SMILES string of the molecule is COc1cc(C)ccc1NCc1ccnn1C. The maximum atomic E-state index is 5.34. The van der Waals surface area contributed by atoms with Crippen LogP contribution in [-0.4, -0.2) is 16.9 Å². The second-order valence-electron chi connectivity index (χ2n) is 4.00. The van der Waals surface area contributed by atoms with Crippen molar-refractivity contribution < 1.29 is 4.74 Å². The fourth-order valence-corrected chi connectivity index (χ4v) is 1.71. The maximum Gasteiger partial charge on any atom is 0.142 e. The third-order valence-corrected chi connectivity index (χ3v) is 2.74. The zero-order chi connectivity index (χ0) is 12.3. The van der Waals surface area contributed by atoms with Gasteiger partial charge in [-0.1, -0.05) is 6.07 Å². The molecule has 90 valence electrons. The van der Waals surface area contributed by atoms with Crippen molar-refractivity contribution in [2.24, 2.45) is 7.05 Å². The van der Waals surface area contributed by atoms with Gasteiger partial charge in [0.1, 0.15) is 5.75 Å². The number of hydrogen-bond acceptors (Lipinski definition) is 3. The number of hydrogen-bond donors (Lipinski definition) is 1. The number of aryl methyl sites for hydroxylation is 2. The van der Waals surface area contributed by atoms with Crippen molar-refractivity contribution in [3.05, 3.63) is 41.7 Å². The first-order valence-electron chi connectivity index (χ1n) is 5.56. The smallest absolute Gasteiger partial charge is 0.142 e. The molecule has 1 aromatic heterocycles. The number of benzene rings is 1. The average Bonchev–Trinajstić information content (AvgIpc) is 2.73. The molecule has 0 fully saturated rings. The highest BCUT2D eigenvalue weighted by Gasteiger charge is 2.04. The van der Waals surface area contributed by atoms with Crippen LogP contribution in [0.15, 0.2) is 30.5 Å². The van der Waals surface area contributed by atoms with Crippen LogP contribution in [0.1, 0.15) is 11.3 Å². The molecule has 0 saturated heterocycles. The topological polar surface area (TPSA) is 39.1 Å². The van der Waals surface area contributed by atoms with E-state index in [0.717, 1.165) is 23.7 Å². The van der Waals surface area contributed by atoms with E-state index in [1.54, 1.807) is 13.3 Å². The quantitative estimate of drug-likeness (QED) is 0.878. The van der Waals surface area contributed by atoms with Gasteiger partial charge in [-0.05, 0) is 30.7 Å². The van der Waals surface area contributed by atoms with E-state index in [-0.39, 0.29) is 0 Å². The van der Waals surface area contributed by atoms with Gasteiger partial charge < -0.3 is 10.1 Å². The van der Waals surface area contributed by atoms with Gasteiger partial charge in [0.2, 0.25) is 0 Å². The summed E-state index contributed by atoms with van der Waals surface area (Å²) in [6.45, 7) is 2.78. The normalized spacial score (nSPS) is 10.3. The number of aromatic nitrogens is 2. The highest BCUT2D eigenvalue weighted by Crippen LogP contribution is 2.25. The number of rotatable bonds is 4. The first-order chi connectivity index (χ1) is 8.20. The number of nitrogens with one attached hydrogen (secondary N) is 1. The fraction of sp³-hybridized carbons (Fsp3) is 0.308. The highest BCUT2D eigenvalue weighted by atomic mass is 16.5. The van der Waals surface area contributed by atoms with Crippen LogP contribution < -0.4 is 10.1 Å². The van der Waals surface area contributed by atoms with Crippen molar-refractivity contribution in [3.8, 4) is 5.75 Å². The molecule has 0 saturated carbocycles. The van der Waals surface area contributed by atoms with Gasteiger partial charge in [0.05, 0.1) is 25.0 Å². The van der Waals surface area contributed by atoms with Gasteiger partial charge in [-0.2, -0.15) is 5.10 Å². The molecule has 1 N–H and O–H groups in total. The second kappa shape index (κ2) is 4.91. The number of anilines is 1. The third-order valence-electron chi connectivity index (χ3n) is 2.74. The van der Waals surface area contributed by atoms with E-state index in [1.165, 1.54) is 5.56 Å². The van der Waals surface area contributed by atoms with Gasteiger partial charge >= 0.3 is 0 Å². The molecule has 1 heterocycles. The molecule has 4 heteroatoms. The molecular formula is C13H17N3O. The van der Waals surface area contributed by atoms with Crippen LogP contribution in [0.3, 0.4) is 0 Å². The minimum absolute atomic E-state index is 0.732. The summed E-state index contributed by atoms with van der Waals surface area (Å²) in [6, 6.07) is 8.11. The summed E-state index contributed by atoms with van der Waals surface area (Å²) >= 11 is 0. The van der Waals surface area contributed by atoms with Gasteiger partial charge in [0.15, 0.2) is 0 Å². The maximum absolute atomic E-state index is 5.34. The Hall–Kier alpha value is -1.97. The lowest BCUT2D eigenvalue weighted by molar-refractivity contribution is 0.416. The minimum Gasteiger partial charge on any atom is -0.495 e. The molecule has 0 atom stereocenters. The zero-order valence-corrected chi connectivity index (χ0v) is 10.4. The average molecular weight is 231 g/mol. The molecule has 0 aliphatic rings. The van der Waals surface area contributed by atoms with Crippen LogP contribution in [0, 0.1) is 6.92 Å². The van der Waals surface area contributed by atoms with Crippen LogP contribution in [0.25, 0.3) is 0 Å². The van der Waals surface area contributed by atoms with E-state index >= 15 is 0 Å². The summed E-state index contributed by atoms with van der Waals surface area (Å²) in [4.78, 5) is 0. The molecule has 17 heavy (non-hydrogen) atoms. The molecule has 0 aliphatic carbocycles. The first-order valence-corrected chi connectivity index (χ1v) is 5.56. The Morgan fingerprint density at radius 2 is 2.18 bits per heavy atom. The molecule has 0 bridgehead atoms. The van der Waals surface area contributed by atoms with E-state index in [9.17, 15) is 0 Å².